The molecule has 4 rings (SSSR count). The van der Waals surface area contributed by atoms with Crippen LogP contribution < -0.4 is 9.80 Å². The summed E-state index contributed by atoms with van der Waals surface area (Å²) in [6, 6.07) is 14.0. The smallest absolute Gasteiger partial charge is 0.254 e. The van der Waals surface area contributed by atoms with Gasteiger partial charge in [-0.05, 0) is 67.9 Å². The lowest BCUT2D eigenvalue weighted by molar-refractivity contribution is 0.0828. The fourth-order valence-electron chi connectivity index (χ4n) is 5.06. The average Bonchev–Trinajstić information content (AvgIpc) is 2.79. The van der Waals surface area contributed by atoms with Gasteiger partial charge in [0.2, 0.25) is 0 Å². The number of rotatable bonds is 4. The summed E-state index contributed by atoms with van der Waals surface area (Å²) in [5.74, 6) is 1.53. The lowest BCUT2D eigenvalue weighted by Crippen LogP contribution is -2.41. The molecule has 1 amide bonds. The van der Waals surface area contributed by atoms with Gasteiger partial charge in [-0.3, -0.25) is 4.79 Å². The Morgan fingerprint density at radius 3 is 1.97 bits per heavy atom. The van der Waals surface area contributed by atoms with Gasteiger partial charge in [0, 0.05) is 46.0 Å². The first kappa shape index (κ1) is 22.3. The van der Waals surface area contributed by atoms with E-state index in [1.54, 1.807) is 19.0 Å². The summed E-state index contributed by atoms with van der Waals surface area (Å²) in [6.07, 6.45) is 4.91. The molecule has 0 radical (unpaired) electrons. The molecule has 0 spiro atoms. The summed E-state index contributed by atoms with van der Waals surface area (Å²) in [5.41, 5.74) is 2.85. The van der Waals surface area contributed by atoms with Crippen molar-refractivity contribution in [1.29, 1.82) is 0 Å². The van der Waals surface area contributed by atoms with Gasteiger partial charge >= 0.3 is 0 Å². The summed E-state index contributed by atoms with van der Waals surface area (Å²) in [5, 5.41) is 1.39. The number of halogens is 2. The summed E-state index contributed by atoms with van der Waals surface area (Å²) in [4.78, 5) is 18.6. The third-order valence-electron chi connectivity index (χ3n) is 6.89. The fourth-order valence-corrected chi connectivity index (χ4v) is 5.57. The minimum absolute atomic E-state index is 0.0570. The van der Waals surface area contributed by atoms with Gasteiger partial charge in [-0.25, -0.2) is 0 Å². The molecular formula is C25H31Cl2N3O. The molecule has 2 aromatic carbocycles. The second kappa shape index (κ2) is 9.70. The lowest BCUT2D eigenvalue weighted by Gasteiger charge is -2.41. The van der Waals surface area contributed by atoms with Crippen molar-refractivity contribution in [2.45, 2.75) is 25.7 Å². The van der Waals surface area contributed by atoms with Gasteiger partial charge < -0.3 is 14.7 Å². The monoisotopic (exact) mass is 459 g/mol. The number of nitrogens with zero attached hydrogens (tertiary/aromatic N) is 3. The maximum absolute atomic E-state index is 12.2. The first-order valence-corrected chi connectivity index (χ1v) is 11.9. The molecule has 0 aliphatic carbocycles. The van der Waals surface area contributed by atoms with Crippen molar-refractivity contribution >= 4 is 40.5 Å². The molecule has 2 aliphatic rings. The topological polar surface area (TPSA) is 26.8 Å². The third kappa shape index (κ3) is 4.96. The predicted octanol–water partition coefficient (Wildman–Crippen LogP) is 5.83. The molecule has 2 aliphatic heterocycles. The predicted molar refractivity (Wildman–Crippen MR) is 131 cm³/mol. The number of anilines is 2. The molecule has 0 N–H and O–H groups in total. The molecule has 0 saturated carbocycles. The van der Waals surface area contributed by atoms with Gasteiger partial charge in [-0.2, -0.15) is 0 Å². The standard InChI is InChI=1S/C25H31Cl2N3O/c1-28(2)25(31)21-8-7-20(17-23(21)27)29-13-9-18(10-14-29)19-11-15-30(16-12-19)24-6-4-3-5-22(24)26/h3-8,17-19H,9-16H2,1-2H3. The van der Waals surface area contributed by atoms with E-state index in [1.165, 1.54) is 31.4 Å². The Bertz CT molecular complexity index is 917. The van der Waals surface area contributed by atoms with E-state index in [4.69, 9.17) is 23.2 Å². The number of carbonyl (C=O) groups is 1. The minimum Gasteiger partial charge on any atom is -0.371 e. The molecule has 6 heteroatoms. The van der Waals surface area contributed by atoms with Gasteiger partial charge in [0.25, 0.3) is 5.91 Å². The Balaban J connectivity index is 1.31. The molecule has 2 saturated heterocycles. The summed E-state index contributed by atoms with van der Waals surface area (Å²) in [7, 11) is 3.49. The second-order valence-electron chi connectivity index (χ2n) is 8.96. The van der Waals surface area contributed by atoms with Crippen LogP contribution in [0.25, 0.3) is 0 Å². The number of hydrogen-bond acceptors (Lipinski definition) is 3. The Labute approximate surface area is 195 Å². The zero-order valence-electron chi connectivity index (χ0n) is 18.4. The number of piperidine rings is 2. The minimum atomic E-state index is -0.0570. The second-order valence-corrected chi connectivity index (χ2v) is 9.78. The molecule has 2 aromatic rings. The molecule has 0 bridgehead atoms. The highest BCUT2D eigenvalue weighted by atomic mass is 35.5. The van der Waals surface area contributed by atoms with Crippen LogP contribution in [0.1, 0.15) is 36.0 Å². The van der Waals surface area contributed by atoms with Crippen molar-refractivity contribution in [3.8, 4) is 0 Å². The van der Waals surface area contributed by atoms with E-state index < -0.39 is 0 Å². The first-order chi connectivity index (χ1) is 14.9. The number of hydrogen-bond donors (Lipinski definition) is 0. The molecule has 2 fully saturated rings. The highest BCUT2D eigenvalue weighted by Gasteiger charge is 2.30. The van der Waals surface area contributed by atoms with E-state index in [2.05, 4.69) is 21.9 Å². The Morgan fingerprint density at radius 2 is 1.42 bits per heavy atom. The number of benzene rings is 2. The SMILES string of the molecule is CN(C)C(=O)c1ccc(N2CCC(C3CCN(c4ccccc4Cl)CC3)CC2)cc1Cl. The third-order valence-corrected chi connectivity index (χ3v) is 7.53. The first-order valence-electron chi connectivity index (χ1n) is 11.2. The van der Waals surface area contributed by atoms with Crippen molar-refractivity contribution in [2.75, 3.05) is 50.1 Å². The van der Waals surface area contributed by atoms with Crippen LogP contribution in [-0.2, 0) is 0 Å². The van der Waals surface area contributed by atoms with Crippen molar-refractivity contribution in [1.82, 2.24) is 4.90 Å². The van der Waals surface area contributed by atoms with Gasteiger partial charge in [0.05, 0.1) is 21.3 Å². The zero-order valence-corrected chi connectivity index (χ0v) is 19.9. The highest BCUT2D eigenvalue weighted by Crippen LogP contribution is 2.37. The van der Waals surface area contributed by atoms with Crippen molar-refractivity contribution < 1.29 is 4.79 Å². The number of para-hydroxylation sites is 1. The summed E-state index contributed by atoms with van der Waals surface area (Å²) in [6.45, 7) is 4.27. The van der Waals surface area contributed by atoms with Crippen molar-refractivity contribution in [3.05, 3.63) is 58.1 Å². The van der Waals surface area contributed by atoms with Gasteiger partial charge in [0.1, 0.15) is 0 Å². The fraction of sp³-hybridized carbons (Fsp3) is 0.480. The molecular weight excluding hydrogens is 429 g/mol. The van der Waals surface area contributed by atoms with Gasteiger partial charge in [-0.15, -0.1) is 0 Å². The molecule has 0 aromatic heterocycles. The molecule has 2 heterocycles. The zero-order chi connectivity index (χ0) is 22.0. The van der Waals surface area contributed by atoms with Gasteiger partial charge in [0.15, 0.2) is 0 Å². The van der Waals surface area contributed by atoms with E-state index >= 15 is 0 Å². The van der Waals surface area contributed by atoms with E-state index in [1.807, 2.05) is 30.3 Å². The Kier molecular flexibility index (Phi) is 6.98. The lowest BCUT2D eigenvalue weighted by atomic mass is 9.78. The van der Waals surface area contributed by atoms with E-state index in [9.17, 15) is 4.79 Å². The Hall–Kier alpha value is -1.91. The summed E-state index contributed by atoms with van der Waals surface area (Å²) >= 11 is 12.8. The highest BCUT2D eigenvalue weighted by molar-refractivity contribution is 6.34. The molecule has 4 nitrogen and oxygen atoms in total. The number of carbonyl (C=O) groups excluding carboxylic acids is 1. The summed E-state index contributed by atoms with van der Waals surface area (Å²) < 4.78 is 0. The largest absolute Gasteiger partial charge is 0.371 e. The van der Waals surface area contributed by atoms with Crippen LogP contribution in [0.4, 0.5) is 11.4 Å². The molecule has 166 valence electrons. The van der Waals surface area contributed by atoms with Crippen LogP contribution >= 0.6 is 23.2 Å². The van der Waals surface area contributed by atoms with E-state index in [-0.39, 0.29) is 5.91 Å². The van der Waals surface area contributed by atoms with Crippen LogP contribution in [0.2, 0.25) is 10.0 Å². The average molecular weight is 460 g/mol. The Morgan fingerprint density at radius 1 is 0.839 bits per heavy atom. The van der Waals surface area contributed by atoms with Crippen molar-refractivity contribution in [2.24, 2.45) is 11.8 Å². The normalized spacial score (nSPS) is 18.3. The van der Waals surface area contributed by atoms with E-state index in [0.29, 0.717) is 10.6 Å². The van der Waals surface area contributed by atoms with Crippen LogP contribution in [0, 0.1) is 11.8 Å². The number of amides is 1. The van der Waals surface area contributed by atoms with Crippen molar-refractivity contribution in [3.63, 3.8) is 0 Å². The van der Waals surface area contributed by atoms with Crippen LogP contribution in [-0.4, -0.2) is 51.1 Å². The molecule has 0 unspecified atom stereocenters. The maximum Gasteiger partial charge on any atom is 0.254 e. The molecule has 31 heavy (non-hydrogen) atoms. The van der Waals surface area contributed by atoms with Gasteiger partial charge in [-0.1, -0.05) is 35.3 Å². The van der Waals surface area contributed by atoms with Crippen LogP contribution in [0.3, 0.4) is 0 Å². The quantitative estimate of drug-likeness (QED) is 0.575. The molecule has 0 atom stereocenters. The van der Waals surface area contributed by atoms with Crippen LogP contribution in [0.15, 0.2) is 42.5 Å². The van der Waals surface area contributed by atoms with E-state index in [0.717, 1.165) is 48.7 Å². The maximum atomic E-state index is 12.2. The van der Waals surface area contributed by atoms with Crippen LogP contribution in [0.5, 0.6) is 0 Å².